The van der Waals surface area contributed by atoms with Gasteiger partial charge in [0.1, 0.15) is 0 Å². The SMILES string of the molecule is CN=C(NCCC1CCCO1)NCCN1CCOCC1. The molecule has 0 aromatic rings. The van der Waals surface area contributed by atoms with Crippen LogP contribution in [0.15, 0.2) is 4.99 Å². The second-order valence-corrected chi connectivity index (χ2v) is 5.30. The van der Waals surface area contributed by atoms with Crippen molar-refractivity contribution in [2.75, 3.05) is 59.6 Å². The Morgan fingerprint density at radius 2 is 2.00 bits per heavy atom. The van der Waals surface area contributed by atoms with Crippen LogP contribution in [0.3, 0.4) is 0 Å². The van der Waals surface area contributed by atoms with Gasteiger partial charge >= 0.3 is 0 Å². The molecule has 2 fully saturated rings. The topological polar surface area (TPSA) is 58.1 Å². The van der Waals surface area contributed by atoms with Gasteiger partial charge < -0.3 is 20.1 Å². The average Bonchev–Trinajstić information content (AvgIpc) is 3.00. The molecular weight excluding hydrogens is 256 g/mol. The molecule has 2 aliphatic rings. The summed E-state index contributed by atoms with van der Waals surface area (Å²) in [6.07, 6.45) is 3.90. The van der Waals surface area contributed by atoms with Crippen molar-refractivity contribution in [2.45, 2.75) is 25.4 Å². The van der Waals surface area contributed by atoms with Gasteiger partial charge in [-0.2, -0.15) is 0 Å². The highest BCUT2D eigenvalue weighted by Crippen LogP contribution is 2.14. The largest absolute Gasteiger partial charge is 0.379 e. The first-order chi connectivity index (χ1) is 9.88. The van der Waals surface area contributed by atoms with Gasteiger partial charge in [-0.1, -0.05) is 0 Å². The van der Waals surface area contributed by atoms with E-state index in [-0.39, 0.29) is 0 Å². The van der Waals surface area contributed by atoms with Crippen LogP contribution in [-0.4, -0.2) is 76.6 Å². The van der Waals surface area contributed by atoms with Crippen molar-refractivity contribution < 1.29 is 9.47 Å². The minimum absolute atomic E-state index is 0.439. The number of nitrogens with zero attached hydrogens (tertiary/aromatic N) is 2. The van der Waals surface area contributed by atoms with Crippen LogP contribution in [0.1, 0.15) is 19.3 Å². The number of hydrogen-bond donors (Lipinski definition) is 2. The Morgan fingerprint density at radius 1 is 1.20 bits per heavy atom. The first-order valence-corrected chi connectivity index (χ1v) is 7.74. The van der Waals surface area contributed by atoms with Crippen LogP contribution in [0.25, 0.3) is 0 Å². The summed E-state index contributed by atoms with van der Waals surface area (Å²) in [5.41, 5.74) is 0. The lowest BCUT2D eigenvalue weighted by atomic mass is 10.2. The molecule has 0 aliphatic carbocycles. The molecule has 6 heteroatoms. The molecule has 6 nitrogen and oxygen atoms in total. The highest BCUT2D eigenvalue weighted by molar-refractivity contribution is 5.79. The molecule has 2 rings (SSSR count). The molecule has 2 saturated heterocycles. The van der Waals surface area contributed by atoms with E-state index in [1.165, 1.54) is 12.8 Å². The molecular formula is C14H28N4O2. The van der Waals surface area contributed by atoms with Crippen LogP contribution < -0.4 is 10.6 Å². The summed E-state index contributed by atoms with van der Waals surface area (Å²) in [5.74, 6) is 0.885. The molecule has 0 saturated carbocycles. The number of ether oxygens (including phenoxy) is 2. The van der Waals surface area contributed by atoms with E-state index in [1.807, 2.05) is 7.05 Å². The lowest BCUT2D eigenvalue weighted by molar-refractivity contribution is 0.0389. The van der Waals surface area contributed by atoms with E-state index in [9.17, 15) is 0 Å². The molecule has 2 heterocycles. The van der Waals surface area contributed by atoms with Gasteiger partial charge in [-0.15, -0.1) is 0 Å². The molecule has 1 atom stereocenters. The normalized spacial score (nSPS) is 24.9. The fourth-order valence-electron chi connectivity index (χ4n) is 2.60. The zero-order valence-corrected chi connectivity index (χ0v) is 12.6. The molecule has 20 heavy (non-hydrogen) atoms. The molecule has 1 unspecified atom stereocenters. The Morgan fingerprint density at radius 3 is 2.70 bits per heavy atom. The summed E-state index contributed by atoms with van der Waals surface area (Å²) in [4.78, 5) is 6.66. The van der Waals surface area contributed by atoms with Gasteiger partial charge in [-0.25, -0.2) is 0 Å². The van der Waals surface area contributed by atoms with Crippen molar-refractivity contribution >= 4 is 5.96 Å². The van der Waals surface area contributed by atoms with Crippen LogP contribution in [0.4, 0.5) is 0 Å². The van der Waals surface area contributed by atoms with Gasteiger partial charge in [-0.3, -0.25) is 9.89 Å². The quantitative estimate of drug-likeness (QED) is 0.533. The van der Waals surface area contributed by atoms with Crippen molar-refractivity contribution in [3.05, 3.63) is 0 Å². The van der Waals surface area contributed by atoms with Gasteiger partial charge in [0.15, 0.2) is 5.96 Å². The van der Waals surface area contributed by atoms with Crippen LogP contribution in [0.5, 0.6) is 0 Å². The predicted molar refractivity (Wildman–Crippen MR) is 80.2 cm³/mol. The molecule has 0 aromatic carbocycles. The van der Waals surface area contributed by atoms with Crippen molar-refractivity contribution in [2.24, 2.45) is 4.99 Å². The third-order valence-electron chi connectivity index (χ3n) is 3.83. The van der Waals surface area contributed by atoms with E-state index < -0.39 is 0 Å². The Hall–Kier alpha value is -0.850. The Kier molecular flexibility index (Phi) is 7.11. The van der Waals surface area contributed by atoms with Gasteiger partial charge in [0.05, 0.1) is 19.3 Å². The maximum Gasteiger partial charge on any atom is 0.191 e. The highest BCUT2D eigenvalue weighted by Gasteiger charge is 2.15. The second kappa shape index (κ2) is 9.15. The van der Waals surface area contributed by atoms with E-state index >= 15 is 0 Å². The number of morpholine rings is 1. The van der Waals surface area contributed by atoms with Crippen molar-refractivity contribution in [3.8, 4) is 0 Å². The minimum atomic E-state index is 0.439. The summed E-state index contributed by atoms with van der Waals surface area (Å²) in [6.45, 7) is 7.58. The Labute approximate surface area is 121 Å². The van der Waals surface area contributed by atoms with Crippen LogP contribution in [0, 0.1) is 0 Å². The fourth-order valence-corrected chi connectivity index (χ4v) is 2.60. The molecule has 116 valence electrons. The minimum Gasteiger partial charge on any atom is -0.379 e. The van der Waals surface area contributed by atoms with Crippen molar-refractivity contribution in [3.63, 3.8) is 0 Å². The first-order valence-electron chi connectivity index (χ1n) is 7.74. The zero-order valence-electron chi connectivity index (χ0n) is 12.6. The van der Waals surface area contributed by atoms with E-state index in [0.717, 1.165) is 64.9 Å². The van der Waals surface area contributed by atoms with Gasteiger partial charge in [0.2, 0.25) is 0 Å². The number of nitrogens with one attached hydrogen (secondary N) is 2. The fraction of sp³-hybridized carbons (Fsp3) is 0.929. The molecule has 2 aliphatic heterocycles. The lowest BCUT2D eigenvalue weighted by Gasteiger charge is -2.26. The van der Waals surface area contributed by atoms with Crippen LogP contribution >= 0.6 is 0 Å². The maximum atomic E-state index is 5.61. The van der Waals surface area contributed by atoms with E-state index in [4.69, 9.17) is 9.47 Å². The number of aliphatic imine (C=N–C) groups is 1. The van der Waals surface area contributed by atoms with E-state index in [0.29, 0.717) is 6.10 Å². The summed E-state index contributed by atoms with van der Waals surface area (Å²) < 4.78 is 11.0. The van der Waals surface area contributed by atoms with Gasteiger partial charge in [0, 0.05) is 46.4 Å². The predicted octanol–water partition coefficient (Wildman–Crippen LogP) is 0.0527. The number of rotatable bonds is 6. The molecule has 0 amide bonds. The highest BCUT2D eigenvalue weighted by atomic mass is 16.5. The maximum absolute atomic E-state index is 5.61. The van der Waals surface area contributed by atoms with Gasteiger partial charge in [0.25, 0.3) is 0 Å². The number of hydrogen-bond acceptors (Lipinski definition) is 4. The monoisotopic (exact) mass is 284 g/mol. The Balaban J connectivity index is 1.52. The van der Waals surface area contributed by atoms with E-state index in [1.54, 1.807) is 0 Å². The molecule has 2 N–H and O–H groups in total. The molecule has 0 bridgehead atoms. The van der Waals surface area contributed by atoms with Crippen LogP contribution in [-0.2, 0) is 9.47 Å². The van der Waals surface area contributed by atoms with Gasteiger partial charge in [-0.05, 0) is 19.3 Å². The standard InChI is InChI=1S/C14H28N4O2/c1-15-14(16-5-4-13-3-2-10-20-13)17-6-7-18-8-11-19-12-9-18/h13H,2-12H2,1H3,(H2,15,16,17). The van der Waals surface area contributed by atoms with Crippen LogP contribution in [0.2, 0.25) is 0 Å². The number of guanidine groups is 1. The molecule has 0 radical (unpaired) electrons. The summed E-state index contributed by atoms with van der Waals surface area (Å²) >= 11 is 0. The zero-order chi connectivity index (χ0) is 14.0. The van der Waals surface area contributed by atoms with Crippen molar-refractivity contribution in [1.29, 1.82) is 0 Å². The Bertz CT molecular complexity index is 287. The average molecular weight is 284 g/mol. The summed E-state index contributed by atoms with van der Waals surface area (Å²) in [5, 5.41) is 6.71. The third kappa shape index (κ3) is 5.64. The van der Waals surface area contributed by atoms with Crippen molar-refractivity contribution in [1.82, 2.24) is 15.5 Å². The smallest absolute Gasteiger partial charge is 0.191 e. The second-order valence-electron chi connectivity index (χ2n) is 5.30. The summed E-state index contributed by atoms with van der Waals surface area (Å²) in [6, 6.07) is 0. The molecule has 0 aromatic heterocycles. The lowest BCUT2D eigenvalue weighted by Crippen LogP contribution is -2.44. The third-order valence-corrected chi connectivity index (χ3v) is 3.83. The molecule has 0 spiro atoms. The first kappa shape index (κ1) is 15.5. The summed E-state index contributed by atoms with van der Waals surface area (Å²) in [7, 11) is 1.82. The van der Waals surface area contributed by atoms with E-state index in [2.05, 4.69) is 20.5 Å².